The molecule has 31 heavy (non-hydrogen) atoms. The molecule has 1 aliphatic rings. The molecule has 0 atom stereocenters. The summed E-state index contributed by atoms with van der Waals surface area (Å²) in [5.74, 6) is -0.507. The van der Waals surface area contributed by atoms with Gasteiger partial charge in [0.05, 0.1) is 16.3 Å². The second kappa shape index (κ2) is 8.59. The molecular weight excluding hydrogens is 419 g/mol. The molecular formula is C23H22ClFN4O2. The Labute approximate surface area is 183 Å². The van der Waals surface area contributed by atoms with Gasteiger partial charge in [0.25, 0.3) is 5.56 Å². The van der Waals surface area contributed by atoms with Gasteiger partial charge in [-0.1, -0.05) is 31.5 Å². The number of carbonyl (C=O) groups is 1. The van der Waals surface area contributed by atoms with Crippen molar-refractivity contribution in [3.63, 3.8) is 0 Å². The third-order valence-electron chi connectivity index (χ3n) is 5.20. The first-order valence-corrected chi connectivity index (χ1v) is 10.5. The van der Waals surface area contributed by atoms with Gasteiger partial charge in [0.2, 0.25) is 5.91 Å². The van der Waals surface area contributed by atoms with Crippen molar-refractivity contribution in [2.75, 3.05) is 0 Å². The largest absolute Gasteiger partial charge is 0.352 e. The van der Waals surface area contributed by atoms with Gasteiger partial charge < -0.3 is 10.3 Å². The molecule has 1 fully saturated rings. The topological polar surface area (TPSA) is 87.7 Å². The molecule has 1 aromatic carbocycles. The van der Waals surface area contributed by atoms with Gasteiger partial charge in [-0.25, -0.2) is 9.37 Å². The Bertz CT molecular complexity index is 1190. The number of hydrogen-bond donors (Lipinski definition) is 2. The van der Waals surface area contributed by atoms with Crippen LogP contribution in [0, 0.1) is 11.7 Å². The number of amides is 1. The van der Waals surface area contributed by atoms with Gasteiger partial charge in [-0.05, 0) is 31.0 Å². The minimum Gasteiger partial charge on any atom is -0.352 e. The Balaban J connectivity index is 1.69. The van der Waals surface area contributed by atoms with Crippen LogP contribution in [0.5, 0.6) is 0 Å². The molecule has 2 heterocycles. The molecule has 0 saturated heterocycles. The van der Waals surface area contributed by atoms with Gasteiger partial charge in [0, 0.05) is 47.5 Å². The van der Waals surface area contributed by atoms with E-state index in [9.17, 15) is 9.59 Å². The average molecular weight is 441 g/mol. The summed E-state index contributed by atoms with van der Waals surface area (Å²) in [6.45, 7) is 3.51. The minimum absolute atomic E-state index is 0.00346. The first-order chi connectivity index (χ1) is 14.8. The second-order valence-electron chi connectivity index (χ2n) is 7.99. The molecule has 0 bridgehead atoms. The lowest BCUT2D eigenvalue weighted by Crippen LogP contribution is -2.27. The van der Waals surface area contributed by atoms with Gasteiger partial charge in [-0.15, -0.1) is 0 Å². The predicted octanol–water partition coefficient (Wildman–Crippen LogP) is 4.44. The Kier molecular flexibility index (Phi) is 5.87. The quantitative estimate of drug-likeness (QED) is 0.593. The van der Waals surface area contributed by atoms with Crippen molar-refractivity contribution in [1.82, 2.24) is 20.3 Å². The summed E-state index contributed by atoms with van der Waals surface area (Å²) < 4.78 is 15.3. The number of benzene rings is 1. The second-order valence-corrected chi connectivity index (χ2v) is 8.40. The highest BCUT2D eigenvalue weighted by molar-refractivity contribution is 6.33. The number of carbonyl (C=O) groups excluding carboxylic acids is 1. The van der Waals surface area contributed by atoms with E-state index in [2.05, 4.69) is 20.3 Å². The predicted molar refractivity (Wildman–Crippen MR) is 117 cm³/mol. The third-order valence-corrected chi connectivity index (χ3v) is 5.52. The van der Waals surface area contributed by atoms with E-state index < -0.39 is 11.4 Å². The van der Waals surface area contributed by atoms with E-state index in [0.717, 1.165) is 18.5 Å². The molecule has 0 radical (unpaired) electrons. The van der Waals surface area contributed by atoms with Gasteiger partial charge in [-0.2, -0.15) is 0 Å². The maximum atomic E-state index is 15.3. The summed E-state index contributed by atoms with van der Waals surface area (Å²) in [7, 11) is 0. The molecule has 2 N–H and O–H groups in total. The number of nitrogens with one attached hydrogen (secondary N) is 2. The van der Waals surface area contributed by atoms with Crippen molar-refractivity contribution in [2.45, 2.75) is 39.2 Å². The van der Waals surface area contributed by atoms with E-state index in [1.54, 1.807) is 20.0 Å². The standard InChI is InChI=1S/C23H22ClFN4O2/c1-12(2)23(31)27-11-15-5-7-16(24)20(21(15)25)22-28-18(9-19(30)29-22)14-6-8-17(26-10-14)13-3-4-13/h5-10,12-13H,3-4,11H2,1-2H3,(H,27,31)(H,28,29,30). The zero-order valence-electron chi connectivity index (χ0n) is 17.2. The maximum absolute atomic E-state index is 15.3. The van der Waals surface area contributed by atoms with Gasteiger partial charge in [-0.3, -0.25) is 14.6 Å². The van der Waals surface area contributed by atoms with Crippen LogP contribution in [0.4, 0.5) is 4.39 Å². The van der Waals surface area contributed by atoms with Crippen LogP contribution in [-0.4, -0.2) is 20.9 Å². The van der Waals surface area contributed by atoms with Crippen LogP contribution in [-0.2, 0) is 11.3 Å². The van der Waals surface area contributed by atoms with Crippen molar-refractivity contribution in [1.29, 1.82) is 0 Å². The number of rotatable bonds is 6. The monoisotopic (exact) mass is 440 g/mol. The number of hydrogen-bond acceptors (Lipinski definition) is 4. The fraction of sp³-hybridized carbons (Fsp3) is 0.304. The Morgan fingerprint density at radius 1 is 1.29 bits per heavy atom. The molecule has 8 heteroatoms. The van der Waals surface area contributed by atoms with E-state index >= 15 is 4.39 Å². The van der Waals surface area contributed by atoms with Crippen LogP contribution in [0.3, 0.4) is 0 Å². The summed E-state index contributed by atoms with van der Waals surface area (Å²) in [5, 5.41) is 2.79. The number of aromatic nitrogens is 3. The van der Waals surface area contributed by atoms with Crippen molar-refractivity contribution < 1.29 is 9.18 Å². The zero-order valence-corrected chi connectivity index (χ0v) is 18.0. The lowest BCUT2D eigenvalue weighted by atomic mass is 10.1. The van der Waals surface area contributed by atoms with Gasteiger partial charge in [0.1, 0.15) is 11.6 Å². The van der Waals surface area contributed by atoms with Crippen LogP contribution in [0.2, 0.25) is 5.02 Å². The molecule has 0 aliphatic heterocycles. The first-order valence-electron chi connectivity index (χ1n) is 10.2. The van der Waals surface area contributed by atoms with Crippen LogP contribution in [0.25, 0.3) is 22.6 Å². The fourth-order valence-electron chi connectivity index (χ4n) is 3.24. The minimum atomic E-state index is -0.640. The maximum Gasteiger partial charge on any atom is 0.251 e. The van der Waals surface area contributed by atoms with Crippen LogP contribution >= 0.6 is 11.6 Å². The highest BCUT2D eigenvalue weighted by Crippen LogP contribution is 2.39. The molecule has 1 amide bonds. The molecule has 3 aromatic rings. The number of pyridine rings is 1. The molecule has 4 rings (SSSR count). The van der Waals surface area contributed by atoms with Crippen LogP contribution < -0.4 is 10.9 Å². The normalized spacial score (nSPS) is 13.5. The van der Waals surface area contributed by atoms with Crippen molar-refractivity contribution in [3.05, 3.63) is 69.0 Å². The number of nitrogens with zero attached hydrogens (tertiary/aromatic N) is 2. The SMILES string of the molecule is CC(C)C(=O)NCc1ccc(Cl)c(-c2nc(-c3ccc(C4CC4)nc3)cc(=O)[nH]2)c1F. The van der Waals surface area contributed by atoms with E-state index in [1.165, 1.54) is 18.2 Å². The Morgan fingerprint density at radius 3 is 2.71 bits per heavy atom. The van der Waals surface area contributed by atoms with E-state index in [4.69, 9.17) is 11.6 Å². The molecule has 6 nitrogen and oxygen atoms in total. The molecule has 160 valence electrons. The van der Waals surface area contributed by atoms with Gasteiger partial charge >= 0.3 is 0 Å². The van der Waals surface area contributed by atoms with Gasteiger partial charge in [0.15, 0.2) is 0 Å². The lowest BCUT2D eigenvalue weighted by molar-refractivity contribution is -0.124. The van der Waals surface area contributed by atoms with E-state index in [-0.39, 0.29) is 40.3 Å². The van der Waals surface area contributed by atoms with Crippen molar-refractivity contribution in [2.24, 2.45) is 5.92 Å². The average Bonchev–Trinajstić information content (AvgIpc) is 3.58. The van der Waals surface area contributed by atoms with Crippen LogP contribution in [0.1, 0.15) is 43.9 Å². The number of aromatic amines is 1. The summed E-state index contributed by atoms with van der Waals surface area (Å²) in [6.07, 6.45) is 3.96. The van der Waals surface area contributed by atoms with Crippen molar-refractivity contribution in [3.8, 4) is 22.6 Å². The highest BCUT2D eigenvalue weighted by Gasteiger charge is 2.25. The molecule has 1 aliphatic carbocycles. The fourth-order valence-corrected chi connectivity index (χ4v) is 3.47. The Hall–Kier alpha value is -3.06. The van der Waals surface area contributed by atoms with Crippen LogP contribution in [0.15, 0.2) is 41.3 Å². The summed E-state index contributed by atoms with van der Waals surface area (Å²) in [5.41, 5.74) is 1.87. The highest BCUT2D eigenvalue weighted by atomic mass is 35.5. The van der Waals surface area contributed by atoms with E-state index in [0.29, 0.717) is 17.2 Å². The molecule has 0 unspecified atom stereocenters. The first kappa shape index (κ1) is 21.2. The number of H-pyrrole nitrogens is 1. The van der Waals surface area contributed by atoms with E-state index in [1.807, 2.05) is 12.1 Å². The molecule has 1 saturated carbocycles. The number of halogens is 2. The molecule has 0 spiro atoms. The molecule has 2 aromatic heterocycles. The Morgan fingerprint density at radius 2 is 2.06 bits per heavy atom. The summed E-state index contributed by atoms with van der Waals surface area (Å²) in [4.78, 5) is 35.6. The zero-order chi connectivity index (χ0) is 22.1. The smallest absolute Gasteiger partial charge is 0.251 e. The van der Waals surface area contributed by atoms with Crippen molar-refractivity contribution >= 4 is 17.5 Å². The third kappa shape index (κ3) is 4.66. The lowest BCUT2D eigenvalue weighted by Gasteiger charge is -2.13. The summed E-state index contributed by atoms with van der Waals surface area (Å²) in [6, 6.07) is 8.17. The summed E-state index contributed by atoms with van der Waals surface area (Å²) >= 11 is 6.26.